The number of ether oxygens (including phenoxy) is 1. The number of nitrogens with zero attached hydrogens (tertiary/aromatic N) is 1. The Hall–Kier alpha value is -2.60. The molecule has 0 aliphatic heterocycles. The van der Waals surface area contributed by atoms with Gasteiger partial charge in [-0.15, -0.1) is 0 Å². The quantitative estimate of drug-likeness (QED) is 0.679. The summed E-state index contributed by atoms with van der Waals surface area (Å²) in [5, 5.41) is 13.8. The first kappa shape index (κ1) is 15.8. The lowest BCUT2D eigenvalue weighted by atomic mass is 10.1. The molecule has 1 N–H and O–H groups in total. The van der Waals surface area contributed by atoms with E-state index in [9.17, 15) is 14.9 Å². The van der Waals surface area contributed by atoms with Crippen molar-refractivity contribution in [3.63, 3.8) is 0 Å². The monoisotopic (exact) mass is 320 g/mol. The van der Waals surface area contributed by atoms with Crippen LogP contribution in [0.4, 0.5) is 10.5 Å². The number of rotatable bonds is 4. The zero-order valence-electron chi connectivity index (χ0n) is 11.7. The van der Waals surface area contributed by atoms with E-state index in [-0.39, 0.29) is 17.5 Å². The molecule has 0 bridgehead atoms. The van der Waals surface area contributed by atoms with Crippen LogP contribution in [0.25, 0.3) is 0 Å². The number of halogens is 1. The standard InChI is InChI=1S/C15H13ClN2O4/c1-10(11-3-2-4-12(16)9-11)17-15(19)22-14-7-5-13(6-8-14)18(20)21/h2-10H,1H3,(H,17,19)/t10-/m0/s1. The zero-order valence-corrected chi connectivity index (χ0v) is 12.4. The Balaban J connectivity index is 1.96. The van der Waals surface area contributed by atoms with E-state index >= 15 is 0 Å². The van der Waals surface area contributed by atoms with Gasteiger partial charge in [0, 0.05) is 17.2 Å². The van der Waals surface area contributed by atoms with Crippen molar-refractivity contribution in [1.29, 1.82) is 0 Å². The normalized spacial score (nSPS) is 11.5. The summed E-state index contributed by atoms with van der Waals surface area (Å²) in [4.78, 5) is 21.8. The average molecular weight is 321 g/mol. The highest BCUT2D eigenvalue weighted by molar-refractivity contribution is 6.30. The molecule has 0 aliphatic carbocycles. The molecule has 2 rings (SSSR count). The Kier molecular flexibility index (Phi) is 4.95. The third-order valence-corrected chi connectivity index (χ3v) is 3.18. The summed E-state index contributed by atoms with van der Waals surface area (Å²) >= 11 is 5.90. The smallest absolute Gasteiger partial charge is 0.410 e. The first-order chi connectivity index (χ1) is 10.5. The lowest BCUT2D eigenvalue weighted by molar-refractivity contribution is -0.384. The predicted molar refractivity (Wildman–Crippen MR) is 82.1 cm³/mol. The van der Waals surface area contributed by atoms with Gasteiger partial charge in [-0.25, -0.2) is 4.79 Å². The molecular weight excluding hydrogens is 308 g/mol. The minimum absolute atomic E-state index is 0.0694. The van der Waals surface area contributed by atoms with Gasteiger partial charge in [-0.05, 0) is 36.8 Å². The molecule has 6 nitrogen and oxygen atoms in total. The summed E-state index contributed by atoms with van der Waals surface area (Å²) < 4.78 is 5.07. The highest BCUT2D eigenvalue weighted by Crippen LogP contribution is 2.19. The lowest BCUT2D eigenvalue weighted by Crippen LogP contribution is -2.29. The number of non-ortho nitro benzene ring substituents is 1. The van der Waals surface area contributed by atoms with E-state index < -0.39 is 11.0 Å². The van der Waals surface area contributed by atoms with Gasteiger partial charge in [-0.3, -0.25) is 10.1 Å². The lowest BCUT2D eigenvalue weighted by Gasteiger charge is -2.14. The predicted octanol–water partition coefficient (Wildman–Crippen LogP) is 4.10. The number of nitro benzene ring substituents is 1. The molecule has 2 aromatic rings. The molecule has 0 aliphatic rings. The van der Waals surface area contributed by atoms with Crippen molar-refractivity contribution in [2.24, 2.45) is 0 Å². The molecule has 0 spiro atoms. The van der Waals surface area contributed by atoms with E-state index in [1.54, 1.807) is 25.1 Å². The van der Waals surface area contributed by atoms with Gasteiger partial charge in [0.1, 0.15) is 5.75 Å². The van der Waals surface area contributed by atoms with Gasteiger partial charge in [0.25, 0.3) is 5.69 Å². The molecule has 22 heavy (non-hydrogen) atoms. The van der Waals surface area contributed by atoms with Crippen molar-refractivity contribution in [1.82, 2.24) is 5.32 Å². The molecule has 114 valence electrons. The van der Waals surface area contributed by atoms with Gasteiger partial charge in [-0.2, -0.15) is 0 Å². The Morgan fingerprint density at radius 3 is 2.55 bits per heavy atom. The molecule has 0 fully saturated rings. The first-order valence-corrected chi connectivity index (χ1v) is 6.82. The van der Waals surface area contributed by atoms with Crippen LogP contribution >= 0.6 is 11.6 Å². The number of carbonyl (C=O) groups is 1. The minimum Gasteiger partial charge on any atom is -0.410 e. The maximum atomic E-state index is 11.8. The summed E-state index contributed by atoms with van der Waals surface area (Å²) in [7, 11) is 0. The van der Waals surface area contributed by atoms with Crippen molar-refractivity contribution >= 4 is 23.4 Å². The Morgan fingerprint density at radius 1 is 1.27 bits per heavy atom. The number of amides is 1. The van der Waals surface area contributed by atoms with Crippen LogP contribution in [0.5, 0.6) is 5.75 Å². The second kappa shape index (κ2) is 6.91. The van der Waals surface area contributed by atoms with Gasteiger partial charge in [-0.1, -0.05) is 23.7 Å². The Bertz CT molecular complexity index is 688. The molecule has 0 saturated heterocycles. The van der Waals surface area contributed by atoms with Crippen molar-refractivity contribution in [2.75, 3.05) is 0 Å². The van der Waals surface area contributed by atoms with E-state index in [2.05, 4.69) is 5.32 Å². The number of hydrogen-bond acceptors (Lipinski definition) is 4. The van der Waals surface area contributed by atoms with Gasteiger partial charge < -0.3 is 10.1 Å². The molecule has 2 aromatic carbocycles. The van der Waals surface area contributed by atoms with Crippen LogP contribution < -0.4 is 10.1 Å². The fraction of sp³-hybridized carbons (Fsp3) is 0.133. The molecule has 0 radical (unpaired) electrons. The Labute approximate surface area is 131 Å². The van der Waals surface area contributed by atoms with Crippen LogP contribution in [-0.2, 0) is 0 Å². The topological polar surface area (TPSA) is 81.5 Å². The third-order valence-electron chi connectivity index (χ3n) is 2.94. The van der Waals surface area contributed by atoms with Crippen LogP contribution in [0.15, 0.2) is 48.5 Å². The summed E-state index contributed by atoms with van der Waals surface area (Å²) in [6, 6.07) is 12.1. The molecule has 1 atom stereocenters. The fourth-order valence-electron chi connectivity index (χ4n) is 1.81. The maximum Gasteiger partial charge on any atom is 0.413 e. The molecule has 0 heterocycles. The first-order valence-electron chi connectivity index (χ1n) is 6.44. The fourth-order valence-corrected chi connectivity index (χ4v) is 2.01. The third kappa shape index (κ3) is 4.20. The number of benzene rings is 2. The van der Waals surface area contributed by atoms with Crippen LogP contribution in [0, 0.1) is 10.1 Å². The van der Waals surface area contributed by atoms with Gasteiger partial charge in [0.05, 0.1) is 11.0 Å². The summed E-state index contributed by atoms with van der Waals surface area (Å²) in [6.07, 6.45) is -0.652. The van der Waals surface area contributed by atoms with E-state index in [1.165, 1.54) is 24.3 Å². The minimum atomic E-state index is -0.652. The molecular formula is C15H13ClN2O4. The maximum absolute atomic E-state index is 11.8. The van der Waals surface area contributed by atoms with Gasteiger partial charge >= 0.3 is 6.09 Å². The van der Waals surface area contributed by atoms with E-state index in [1.807, 2.05) is 6.07 Å². The summed E-state index contributed by atoms with van der Waals surface area (Å²) in [5.41, 5.74) is 0.771. The summed E-state index contributed by atoms with van der Waals surface area (Å²) in [5.74, 6) is 0.224. The van der Waals surface area contributed by atoms with Gasteiger partial charge in [0.2, 0.25) is 0 Å². The molecule has 0 aromatic heterocycles. The highest BCUT2D eigenvalue weighted by Gasteiger charge is 2.12. The average Bonchev–Trinajstić information content (AvgIpc) is 2.47. The van der Waals surface area contributed by atoms with E-state index in [4.69, 9.17) is 16.3 Å². The van der Waals surface area contributed by atoms with Crippen molar-refractivity contribution in [3.8, 4) is 5.75 Å². The van der Waals surface area contributed by atoms with Crippen LogP contribution in [-0.4, -0.2) is 11.0 Å². The number of nitro groups is 1. The highest BCUT2D eigenvalue weighted by atomic mass is 35.5. The molecule has 0 saturated carbocycles. The van der Waals surface area contributed by atoms with E-state index in [0.717, 1.165) is 5.56 Å². The van der Waals surface area contributed by atoms with Crippen molar-refractivity contribution < 1.29 is 14.5 Å². The summed E-state index contributed by atoms with van der Waals surface area (Å²) in [6.45, 7) is 1.79. The molecule has 1 amide bonds. The van der Waals surface area contributed by atoms with Crippen molar-refractivity contribution in [3.05, 3.63) is 69.2 Å². The zero-order chi connectivity index (χ0) is 16.1. The second-order valence-corrected chi connectivity index (χ2v) is 5.00. The Morgan fingerprint density at radius 2 is 1.95 bits per heavy atom. The molecule has 0 unspecified atom stereocenters. The molecule has 7 heteroatoms. The van der Waals surface area contributed by atoms with Crippen LogP contribution in [0.2, 0.25) is 5.02 Å². The van der Waals surface area contributed by atoms with Gasteiger partial charge in [0.15, 0.2) is 0 Å². The SMILES string of the molecule is C[C@H](NC(=O)Oc1ccc([N+](=O)[O-])cc1)c1cccc(Cl)c1. The van der Waals surface area contributed by atoms with Crippen LogP contribution in [0.3, 0.4) is 0 Å². The number of hydrogen-bond donors (Lipinski definition) is 1. The van der Waals surface area contributed by atoms with Crippen LogP contribution in [0.1, 0.15) is 18.5 Å². The van der Waals surface area contributed by atoms with Crippen molar-refractivity contribution in [2.45, 2.75) is 13.0 Å². The second-order valence-electron chi connectivity index (χ2n) is 4.56. The number of carbonyl (C=O) groups excluding carboxylic acids is 1. The number of nitrogens with one attached hydrogen (secondary N) is 1. The largest absolute Gasteiger partial charge is 0.413 e. The van der Waals surface area contributed by atoms with E-state index in [0.29, 0.717) is 5.02 Å².